The molecule has 0 aromatic heterocycles. The molecule has 2 amide bonds. The lowest BCUT2D eigenvalue weighted by molar-refractivity contribution is 0.0681. The number of carbonyl (C=O) groups is 2. The number of fused-ring (bicyclic) bond motifs is 1. The Balaban J connectivity index is 2.43. The zero-order chi connectivity index (χ0) is 11.9. The van der Waals surface area contributed by atoms with Gasteiger partial charge in [0, 0.05) is 10.7 Å². The van der Waals surface area contributed by atoms with Crippen LogP contribution in [-0.4, -0.2) is 31.0 Å². The van der Waals surface area contributed by atoms with Crippen LogP contribution in [0.2, 0.25) is 0 Å². The maximum absolute atomic E-state index is 11.7. The van der Waals surface area contributed by atoms with Crippen LogP contribution in [0, 0.1) is 0 Å². The molecule has 0 atom stereocenters. The molecule has 1 aromatic rings. The molecular formula is C9H6ClNO4S. The van der Waals surface area contributed by atoms with Crippen molar-refractivity contribution in [3.63, 3.8) is 0 Å². The number of carbonyl (C=O) groups excluding carboxylic acids is 2. The van der Waals surface area contributed by atoms with Crippen molar-refractivity contribution in [3.05, 3.63) is 35.4 Å². The number of halogens is 1. The highest BCUT2D eigenvalue weighted by atomic mass is 35.7. The SMILES string of the molecule is O=C1c2ccccc2C(=O)N1CS(=O)(=O)Cl. The number of rotatable bonds is 2. The quantitative estimate of drug-likeness (QED) is 0.582. The summed E-state index contributed by atoms with van der Waals surface area (Å²) < 4.78 is 21.7. The second kappa shape index (κ2) is 3.57. The molecule has 0 aliphatic carbocycles. The summed E-state index contributed by atoms with van der Waals surface area (Å²) in [6.07, 6.45) is 0. The molecule has 0 radical (unpaired) electrons. The van der Waals surface area contributed by atoms with Crippen molar-refractivity contribution < 1.29 is 18.0 Å². The first-order valence-corrected chi connectivity index (χ1v) is 6.75. The molecule has 0 spiro atoms. The Labute approximate surface area is 96.0 Å². The summed E-state index contributed by atoms with van der Waals surface area (Å²) in [4.78, 5) is 24.0. The van der Waals surface area contributed by atoms with Crippen LogP contribution in [0.4, 0.5) is 0 Å². The Morgan fingerprint density at radius 3 is 1.88 bits per heavy atom. The third-order valence-corrected chi connectivity index (χ3v) is 3.02. The van der Waals surface area contributed by atoms with Gasteiger partial charge in [0.2, 0.25) is 0 Å². The topological polar surface area (TPSA) is 71.5 Å². The van der Waals surface area contributed by atoms with Gasteiger partial charge in [0.25, 0.3) is 20.9 Å². The molecule has 5 nitrogen and oxygen atoms in total. The van der Waals surface area contributed by atoms with Gasteiger partial charge in [-0.2, -0.15) is 0 Å². The Morgan fingerprint density at radius 1 is 1.06 bits per heavy atom. The predicted molar refractivity (Wildman–Crippen MR) is 56.6 cm³/mol. The summed E-state index contributed by atoms with van der Waals surface area (Å²) >= 11 is 0. The fourth-order valence-electron chi connectivity index (χ4n) is 1.51. The third-order valence-electron chi connectivity index (χ3n) is 2.16. The van der Waals surface area contributed by atoms with E-state index in [2.05, 4.69) is 0 Å². The standard InChI is InChI=1S/C9H6ClNO4S/c10-16(14,15)5-11-8(12)6-3-1-2-4-7(6)9(11)13/h1-4H,5H2. The Hall–Kier alpha value is -1.40. The highest BCUT2D eigenvalue weighted by Gasteiger charge is 2.37. The van der Waals surface area contributed by atoms with Crippen molar-refractivity contribution in [1.29, 1.82) is 0 Å². The minimum Gasteiger partial charge on any atom is -0.269 e. The zero-order valence-electron chi connectivity index (χ0n) is 7.88. The summed E-state index contributed by atoms with van der Waals surface area (Å²) in [6.45, 7) is 0. The van der Waals surface area contributed by atoms with Gasteiger partial charge in [-0.25, -0.2) is 8.42 Å². The molecule has 84 valence electrons. The normalized spacial score (nSPS) is 15.4. The Bertz CT molecular complexity index is 546. The Morgan fingerprint density at radius 2 is 1.50 bits per heavy atom. The summed E-state index contributed by atoms with van der Waals surface area (Å²) in [5.41, 5.74) is 0.403. The molecule has 0 unspecified atom stereocenters. The predicted octanol–water partition coefficient (Wildman–Crippen LogP) is 0.809. The van der Waals surface area contributed by atoms with Crippen molar-refractivity contribution >= 4 is 31.5 Å². The fourth-order valence-corrected chi connectivity index (χ4v) is 2.35. The molecule has 0 saturated heterocycles. The van der Waals surface area contributed by atoms with Crippen LogP contribution in [0.1, 0.15) is 20.7 Å². The van der Waals surface area contributed by atoms with E-state index in [1.54, 1.807) is 12.1 Å². The van der Waals surface area contributed by atoms with Gasteiger partial charge < -0.3 is 0 Å². The lowest BCUT2D eigenvalue weighted by Gasteiger charge is -2.10. The third kappa shape index (κ3) is 1.81. The molecule has 1 aromatic carbocycles. The molecule has 16 heavy (non-hydrogen) atoms. The van der Waals surface area contributed by atoms with Gasteiger partial charge in [0.05, 0.1) is 11.1 Å². The molecule has 1 aliphatic rings. The summed E-state index contributed by atoms with van der Waals surface area (Å²) in [7, 11) is 1.08. The smallest absolute Gasteiger partial charge is 0.262 e. The molecule has 1 aliphatic heterocycles. The van der Waals surface area contributed by atoms with Gasteiger partial charge in [0.15, 0.2) is 0 Å². The monoisotopic (exact) mass is 259 g/mol. The van der Waals surface area contributed by atoms with Crippen molar-refractivity contribution in [2.75, 3.05) is 5.88 Å². The Kier molecular flexibility index (Phi) is 2.47. The molecule has 0 saturated carbocycles. The minimum absolute atomic E-state index is 0.202. The number of hydrogen-bond acceptors (Lipinski definition) is 4. The molecule has 0 fully saturated rings. The van der Waals surface area contributed by atoms with Crippen LogP contribution in [0.3, 0.4) is 0 Å². The van der Waals surface area contributed by atoms with Crippen LogP contribution >= 0.6 is 10.7 Å². The number of nitrogens with zero attached hydrogens (tertiary/aromatic N) is 1. The number of benzene rings is 1. The van der Waals surface area contributed by atoms with Crippen molar-refractivity contribution in [2.45, 2.75) is 0 Å². The number of hydrogen-bond donors (Lipinski definition) is 0. The van der Waals surface area contributed by atoms with Crippen LogP contribution in [0.25, 0.3) is 0 Å². The first kappa shape index (κ1) is 11.1. The molecule has 1 heterocycles. The second-order valence-electron chi connectivity index (χ2n) is 3.25. The second-order valence-corrected chi connectivity index (χ2v) is 6.00. The van der Waals surface area contributed by atoms with Crippen molar-refractivity contribution in [2.24, 2.45) is 0 Å². The summed E-state index contributed by atoms with van der Waals surface area (Å²) in [5, 5.41) is 0. The van der Waals surface area contributed by atoms with E-state index in [0.717, 1.165) is 0 Å². The highest BCUT2D eigenvalue weighted by Crippen LogP contribution is 2.23. The first-order chi connectivity index (χ1) is 7.40. The fraction of sp³-hybridized carbons (Fsp3) is 0.111. The van der Waals surface area contributed by atoms with Crippen LogP contribution in [-0.2, 0) is 9.05 Å². The van der Waals surface area contributed by atoms with E-state index in [-0.39, 0.29) is 11.1 Å². The van der Waals surface area contributed by atoms with E-state index < -0.39 is 26.7 Å². The maximum Gasteiger partial charge on any atom is 0.262 e. The molecular weight excluding hydrogens is 254 g/mol. The molecule has 7 heteroatoms. The average Bonchev–Trinajstić information content (AvgIpc) is 2.43. The van der Waals surface area contributed by atoms with Gasteiger partial charge >= 0.3 is 0 Å². The van der Waals surface area contributed by atoms with E-state index in [9.17, 15) is 18.0 Å². The van der Waals surface area contributed by atoms with Crippen LogP contribution in [0.15, 0.2) is 24.3 Å². The summed E-state index contributed by atoms with van der Waals surface area (Å²) in [5.74, 6) is -2.07. The van der Waals surface area contributed by atoms with E-state index in [1.807, 2.05) is 0 Å². The largest absolute Gasteiger partial charge is 0.269 e. The van der Waals surface area contributed by atoms with Crippen molar-refractivity contribution in [3.8, 4) is 0 Å². The van der Waals surface area contributed by atoms with E-state index in [1.165, 1.54) is 12.1 Å². The van der Waals surface area contributed by atoms with E-state index in [0.29, 0.717) is 4.90 Å². The van der Waals surface area contributed by atoms with Gasteiger partial charge in [-0.1, -0.05) is 12.1 Å². The maximum atomic E-state index is 11.7. The van der Waals surface area contributed by atoms with Gasteiger partial charge in [-0.05, 0) is 12.1 Å². The van der Waals surface area contributed by atoms with Crippen LogP contribution in [0.5, 0.6) is 0 Å². The lowest BCUT2D eigenvalue weighted by atomic mass is 10.1. The average molecular weight is 260 g/mol. The van der Waals surface area contributed by atoms with E-state index >= 15 is 0 Å². The summed E-state index contributed by atoms with van der Waals surface area (Å²) in [6, 6.07) is 6.14. The van der Waals surface area contributed by atoms with Gasteiger partial charge in [0.1, 0.15) is 5.88 Å². The zero-order valence-corrected chi connectivity index (χ0v) is 9.46. The number of amides is 2. The molecule has 0 N–H and O–H groups in total. The number of imide groups is 1. The molecule has 0 bridgehead atoms. The van der Waals surface area contributed by atoms with Crippen molar-refractivity contribution in [1.82, 2.24) is 4.90 Å². The molecule has 2 rings (SSSR count). The lowest BCUT2D eigenvalue weighted by Crippen LogP contribution is -2.33. The highest BCUT2D eigenvalue weighted by molar-refractivity contribution is 8.13. The first-order valence-electron chi connectivity index (χ1n) is 4.28. The van der Waals surface area contributed by atoms with Gasteiger partial charge in [-0.15, -0.1) is 0 Å². The van der Waals surface area contributed by atoms with E-state index in [4.69, 9.17) is 10.7 Å². The minimum atomic E-state index is -3.93. The van der Waals surface area contributed by atoms with Gasteiger partial charge in [-0.3, -0.25) is 14.5 Å². The van der Waals surface area contributed by atoms with Crippen LogP contribution < -0.4 is 0 Å².